The van der Waals surface area contributed by atoms with Crippen LogP contribution in [0.25, 0.3) is 0 Å². The Morgan fingerprint density at radius 2 is 1.93 bits per heavy atom. The monoisotopic (exact) mass is 210 g/mol. The maximum absolute atomic E-state index is 3.60. The van der Waals surface area contributed by atoms with E-state index >= 15 is 0 Å². The summed E-state index contributed by atoms with van der Waals surface area (Å²) in [4.78, 5) is 2.67. The number of nitrogens with zero attached hydrogens (tertiary/aromatic N) is 1. The van der Waals surface area contributed by atoms with Crippen LogP contribution in [0, 0.1) is 11.8 Å². The highest BCUT2D eigenvalue weighted by atomic mass is 15.2. The van der Waals surface area contributed by atoms with E-state index in [0.29, 0.717) is 0 Å². The van der Waals surface area contributed by atoms with Crippen molar-refractivity contribution < 1.29 is 0 Å². The minimum Gasteiger partial charge on any atom is -0.313 e. The van der Waals surface area contributed by atoms with E-state index in [-0.39, 0.29) is 0 Å². The molecule has 0 aliphatic carbocycles. The Labute approximate surface area is 94.4 Å². The van der Waals surface area contributed by atoms with E-state index in [9.17, 15) is 0 Å². The van der Waals surface area contributed by atoms with Gasteiger partial charge in [0.2, 0.25) is 0 Å². The summed E-state index contributed by atoms with van der Waals surface area (Å²) < 4.78 is 0. The molecule has 0 saturated carbocycles. The first kappa shape index (κ1) is 11.4. The van der Waals surface area contributed by atoms with Gasteiger partial charge in [0, 0.05) is 12.6 Å². The molecule has 88 valence electrons. The third-order valence-corrected chi connectivity index (χ3v) is 4.22. The van der Waals surface area contributed by atoms with Gasteiger partial charge in [-0.25, -0.2) is 0 Å². The van der Waals surface area contributed by atoms with Crippen LogP contribution >= 0.6 is 0 Å². The molecule has 2 fully saturated rings. The maximum atomic E-state index is 3.60. The van der Waals surface area contributed by atoms with Gasteiger partial charge >= 0.3 is 0 Å². The Hall–Kier alpha value is -0.0800. The van der Waals surface area contributed by atoms with Gasteiger partial charge in [-0.1, -0.05) is 13.8 Å². The van der Waals surface area contributed by atoms with Gasteiger partial charge in [0.05, 0.1) is 0 Å². The van der Waals surface area contributed by atoms with Crippen LogP contribution in [0.15, 0.2) is 0 Å². The Kier molecular flexibility index (Phi) is 4.04. The van der Waals surface area contributed by atoms with Gasteiger partial charge in [-0.3, -0.25) is 0 Å². The van der Waals surface area contributed by atoms with E-state index in [1.807, 2.05) is 0 Å². The molecule has 0 aromatic carbocycles. The number of likely N-dealkylation sites (tertiary alicyclic amines) is 1. The molecule has 1 atom stereocenters. The second kappa shape index (κ2) is 5.31. The quantitative estimate of drug-likeness (QED) is 0.767. The van der Waals surface area contributed by atoms with Crippen molar-refractivity contribution in [1.82, 2.24) is 10.2 Å². The minimum atomic E-state index is 0.792. The maximum Gasteiger partial charge on any atom is 0.0195 e. The number of rotatable bonds is 3. The molecule has 0 bridgehead atoms. The van der Waals surface area contributed by atoms with Crippen molar-refractivity contribution in [3.05, 3.63) is 0 Å². The van der Waals surface area contributed by atoms with Gasteiger partial charge in [-0.05, 0) is 57.2 Å². The molecule has 0 radical (unpaired) electrons. The lowest BCUT2D eigenvalue weighted by atomic mass is 9.86. The van der Waals surface area contributed by atoms with Gasteiger partial charge in [0.15, 0.2) is 0 Å². The molecule has 2 heterocycles. The van der Waals surface area contributed by atoms with Gasteiger partial charge in [-0.15, -0.1) is 0 Å². The third kappa shape index (κ3) is 3.18. The van der Waals surface area contributed by atoms with E-state index in [0.717, 1.165) is 17.9 Å². The van der Waals surface area contributed by atoms with Crippen LogP contribution in [0.5, 0.6) is 0 Å². The minimum absolute atomic E-state index is 0.792. The Morgan fingerprint density at radius 3 is 2.47 bits per heavy atom. The van der Waals surface area contributed by atoms with Crippen molar-refractivity contribution in [1.29, 1.82) is 0 Å². The SMILES string of the molecule is CC(C)C1CCN(CC2CCCN2)CC1. The summed E-state index contributed by atoms with van der Waals surface area (Å²) in [5, 5.41) is 3.60. The molecule has 2 heteroatoms. The second-order valence-corrected chi connectivity index (χ2v) is 5.68. The summed E-state index contributed by atoms with van der Waals surface area (Å²) in [5.74, 6) is 1.87. The number of piperidine rings is 1. The summed E-state index contributed by atoms with van der Waals surface area (Å²) in [7, 11) is 0. The Morgan fingerprint density at radius 1 is 1.20 bits per heavy atom. The fourth-order valence-corrected chi connectivity index (χ4v) is 3.03. The van der Waals surface area contributed by atoms with Gasteiger partial charge in [0.1, 0.15) is 0 Å². The summed E-state index contributed by atoms with van der Waals surface area (Å²) in [6.45, 7) is 9.96. The number of hydrogen-bond donors (Lipinski definition) is 1. The lowest BCUT2D eigenvalue weighted by Crippen LogP contribution is -2.42. The Bertz CT molecular complexity index is 177. The molecule has 15 heavy (non-hydrogen) atoms. The van der Waals surface area contributed by atoms with E-state index in [1.165, 1.54) is 51.9 Å². The lowest BCUT2D eigenvalue weighted by Gasteiger charge is -2.35. The predicted octanol–water partition coefficient (Wildman–Crippen LogP) is 2.11. The van der Waals surface area contributed by atoms with Gasteiger partial charge < -0.3 is 10.2 Å². The second-order valence-electron chi connectivity index (χ2n) is 5.68. The molecule has 1 unspecified atom stereocenters. The molecule has 1 N–H and O–H groups in total. The first-order valence-corrected chi connectivity index (χ1v) is 6.71. The molecule has 2 saturated heterocycles. The summed E-state index contributed by atoms with van der Waals surface area (Å²) >= 11 is 0. The molecule has 0 spiro atoms. The largest absolute Gasteiger partial charge is 0.313 e. The molecule has 0 aromatic heterocycles. The summed E-state index contributed by atoms with van der Waals surface area (Å²) in [6, 6.07) is 0.792. The molecule has 0 aromatic rings. The predicted molar refractivity (Wildman–Crippen MR) is 65.0 cm³/mol. The van der Waals surface area contributed by atoms with E-state index in [1.54, 1.807) is 0 Å². The molecule has 2 nitrogen and oxygen atoms in total. The molecular formula is C13H26N2. The molecular weight excluding hydrogens is 184 g/mol. The zero-order chi connectivity index (χ0) is 10.7. The lowest BCUT2D eigenvalue weighted by molar-refractivity contribution is 0.148. The molecule has 2 rings (SSSR count). The zero-order valence-electron chi connectivity index (χ0n) is 10.3. The summed E-state index contributed by atoms with van der Waals surface area (Å²) in [5.41, 5.74) is 0. The smallest absolute Gasteiger partial charge is 0.0195 e. The Balaban J connectivity index is 1.68. The first-order valence-electron chi connectivity index (χ1n) is 6.71. The highest BCUT2D eigenvalue weighted by Gasteiger charge is 2.24. The van der Waals surface area contributed by atoms with Crippen molar-refractivity contribution >= 4 is 0 Å². The normalized spacial score (nSPS) is 30.2. The molecule has 0 amide bonds. The van der Waals surface area contributed by atoms with Crippen LogP contribution in [-0.2, 0) is 0 Å². The van der Waals surface area contributed by atoms with Crippen LogP contribution < -0.4 is 5.32 Å². The number of nitrogens with one attached hydrogen (secondary N) is 1. The fourth-order valence-electron chi connectivity index (χ4n) is 3.03. The van der Waals surface area contributed by atoms with Crippen LogP contribution in [0.3, 0.4) is 0 Å². The van der Waals surface area contributed by atoms with E-state index < -0.39 is 0 Å². The van der Waals surface area contributed by atoms with Crippen LogP contribution in [0.1, 0.15) is 39.5 Å². The van der Waals surface area contributed by atoms with Gasteiger partial charge in [0.25, 0.3) is 0 Å². The first-order chi connectivity index (χ1) is 7.25. The topological polar surface area (TPSA) is 15.3 Å². The average molecular weight is 210 g/mol. The van der Waals surface area contributed by atoms with Crippen molar-refractivity contribution in [2.45, 2.75) is 45.6 Å². The highest BCUT2D eigenvalue weighted by molar-refractivity contribution is 4.81. The van der Waals surface area contributed by atoms with Crippen molar-refractivity contribution in [3.8, 4) is 0 Å². The van der Waals surface area contributed by atoms with E-state index in [2.05, 4.69) is 24.1 Å². The molecule has 2 aliphatic rings. The highest BCUT2D eigenvalue weighted by Crippen LogP contribution is 2.24. The fraction of sp³-hybridized carbons (Fsp3) is 1.00. The van der Waals surface area contributed by atoms with Crippen molar-refractivity contribution in [3.63, 3.8) is 0 Å². The van der Waals surface area contributed by atoms with Crippen molar-refractivity contribution in [2.75, 3.05) is 26.2 Å². The van der Waals surface area contributed by atoms with Gasteiger partial charge in [-0.2, -0.15) is 0 Å². The third-order valence-electron chi connectivity index (χ3n) is 4.22. The average Bonchev–Trinajstić information content (AvgIpc) is 2.71. The van der Waals surface area contributed by atoms with Crippen molar-refractivity contribution in [2.24, 2.45) is 11.8 Å². The van der Waals surface area contributed by atoms with Crippen LogP contribution in [0.4, 0.5) is 0 Å². The molecule has 2 aliphatic heterocycles. The zero-order valence-corrected chi connectivity index (χ0v) is 10.3. The number of hydrogen-bond acceptors (Lipinski definition) is 2. The summed E-state index contributed by atoms with van der Waals surface area (Å²) in [6.07, 6.45) is 5.62. The van der Waals surface area contributed by atoms with E-state index in [4.69, 9.17) is 0 Å². The van der Waals surface area contributed by atoms with Crippen LogP contribution in [-0.4, -0.2) is 37.1 Å². The standard InChI is InChI=1S/C13H26N2/c1-11(2)12-5-8-15(9-6-12)10-13-4-3-7-14-13/h11-14H,3-10H2,1-2H3. The van der Waals surface area contributed by atoms with Crippen LogP contribution in [0.2, 0.25) is 0 Å².